The van der Waals surface area contributed by atoms with Gasteiger partial charge >= 0.3 is 12.1 Å². The number of thiazole rings is 1. The maximum absolute atomic E-state index is 13.7. The van der Waals surface area contributed by atoms with Gasteiger partial charge in [0.1, 0.15) is 12.4 Å². The molecule has 0 fully saturated rings. The third kappa shape index (κ3) is 6.86. The summed E-state index contributed by atoms with van der Waals surface area (Å²) in [4.78, 5) is 40.0. The zero-order chi connectivity index (χ0) is 24.7. The third-order valence-corrected chi connectivity index (χ3v) is 6.15. The number of halogens is 2. The molecule has 0 aliphatic carbocycles. The first-order chi connectivity index (χ1) is 16.2. The number of hydrazine groups is 1. The van der Waals surface area contributed by atoms with Crippen LogP contribution in [0.25, 0.3) is 10.2 Å². The molecule has 0 spiro atoms. The first-order valence-electron chi connectivity index (χ1n) is 10.2. The van der Waals surface area contributed by atoms with Crippen molar-refractivity contribution >= 4 is 56.3 Å². The average Bonchev–Trinajstić information content (AvgIpc) is 3.19. The predicted molar refractivity (Wildman–Crippen MR) is 126 cm³/mol. The van der Waals surface area contributed by atoms with E-state index in [4.69, 9.17) is 21.4 Å². The number of para-hydroxylation sites is 1. The van der Waals surface area contributed by atoms with Gasteiger partial charge in [0.15, 0.2) is 5.13 Å². The molecule has 0 saturated heterocycles. The van der Waals surface area contributed by atoms with Crippen molar-refractivity contribution in [3.8, 4) is 0 Å². The highest BCUT2D eigenvalue weighted by molar-refractivity contribution is 7.22. The van der Waals surface area contributed by atoms with E-state index < -0.39 is 29.8 Å². The van der Waals surface area contributed by atoms with E-state index in [1.165, 1.54) is 30.4 Å². The van der Waals surface area contributed by atoms with Crippen LogP contribution in [0.2, 0.25) is 5.02 Å². The van der Waals surface area contributed by atoms with Crippen LogP contribution in [0.5, 0.6) is 0 Å². The number of amides is 2. The van der Waals surface area contributed by atoms with Crippen LogP contribution in [-0.4, -0.2) is 45.7 Å². The standard InChI is InChI=1S/C22H22ClFN4O5S/c1-13(29)28(25-11-14-5-4-6-16(24)20(14)23)15(9-10-19(30)31)12-33-22(32)27-21-26-17-7-2-3-8-18(17)34-21/h2-8,15,25H,9-12H2,1H3,(H,30,31)(H,26,27,32)/t15-/m0/s1. The summed E-state index contributed by atoms with van der Waals surface area (Å²) in [7, 11) is 0. The minimum absolute atomic E-state index is 0.00234. The lowest BCUT2D eigenvalue weighted by atomic mass is 10.1. The summed E-state index contributed by atoms with van der Waals surface area (Å²) in [5, 5.41) is 13.0. The molecule has 9 nitrogen and oxygen atoms in total. The molecule has 2 amide bonds. The van der Waals surface area contributed by atoms with Gasteiger partial charge in [-0.15, -0.1) is 0 Å². The van der Waals surface area contributed by atoms with Crippen molar-refractivity contribution in [2.75, 3.05) is 11.9 Å². The highest BCUT2D eigenvalue weighted by Gasteiger charge is 2.24. The molecule has 34 heavy (non-hydrogen) atoms. The lowest BCUT2D eigenvalue weighted by Gasteiger charge is -2.31. The Kier molecular flexibility index (Phi) is 8.74. The van der Waals surface area contributed by atoms with Crippen LogP contribution in [0.1, 0.15) is 25.3 Å². The maximum atomic E-state index is 13.7. The van der Waals surface area contributed by atoms with Crippen LogP contribution < -0.4 is 10.7 Å². The third-order valence-electron chi connectivity index (χ3n) is 4.78. The van der Waals surface area contributed by atoms with Crippen molar-refractivity contribution in [3.63, 3.8) is 0 Å². The number of hydrogen-bond acceptors (Lipinski definition) is 7. The number of carbonyl (C=O) groups excluding carboxylic acids is 2. The Morgan fingerprint density at radius 2 is 2.00 bits per heavy atom. The summed E-state index contributed by atoms with van der Waals surface area (Å²) in [5.74, 6) is -2.12. The fourth-order valence-corrected chi connectivity index (χ4v) is 4.20. The molecule has 3 rings (SSSR count). The number of rotatable bonds is 10. The minimum Gasteiger partial charge on any atom is -0.481 e. The van der Waals surface area contributed by atoms with Gasteiger partial charge in [0.05, 0.1) is 21.3 Å². The number of anilines is 1. The number of hydrogen-bond donors (Lipinski definition) is 3. The Morgan fingerprint density at radius 3 is 2.71 bits per heavy atom. The molecule has 1 atom stereocenters. The second kappa shape index (κ2) is 11.7. The first kappa shape index (κ1) is 25.3. The molecule has 0 saturated carbocycles. The van der Waals surface area contributed by atoms with Crippen LogP contribution in [0, 0.1) is 5.82 Å². The van der Waals surface area contributed by atoms with E-state index >= 15 is 0 Å². The SMILES string of the molecule is CC(=O)N(NCc1cccc(F)c1Cl)[C@@H](CCC(=O)O)COC(=O)Nc1nc2ccccc2s1. The molecule has 1 heterocycles. The molecule has 0 bridgehead atoms. The second-order valence-electron chi connectivity index (χ2n) is 7.23. The molecule has 0 unspecified atom stereocenters. The normalized spacial score (nSPS) is 11.7. The van der Waals surface area contributed by atoms with Crippen molar-refractivity contribution < 1.29 is 28.6 Å². The molecule has 3 aromatic rings. The van der Waals surface area contributed by atoms with E-state index in [-0.39, 0.29) is 31.0 Å². The summed E-state index contributed by atoms with van der Waals surface area (Å²) in [6.07, 6.45) is -1.05. The smallest absolute Gasteiger partial charge is 0.413 e. The van der Waals surface area contributed by atoms with E-state index in [0.29, 0.717) is 10.7 Å². The van der Waals surface area contributed by atoms with Gasteiger partial charge in [-0.3, -0.25) is 19.9 Å². The van der Waals surface area contributed by atoms with Crippen LogP contribution >= 0.6 is 22.9 Å². The first-order valence-corrected chi connectivity index (χ1v) is 11.4. The molecule has 0 radical (unpaired) electrons. The summed E-state index contributed by atoms with van der Waals surface area (Å²) < 4.78 is 19.9. The largest absolute Gasteiger partial charge is 0.481 e. The van der Waals surface area contributed by atoms with Gasteiger partial charge in [0.2, 0.25) is 5.91 Å². The number of carboxylic acid groups (broad SMARTS) is 1. The molecular weight excluding hydrogens is 487 g/mol. The second-order valence-corrected chi connectivity index (χ2v) is 8.64. The van der Waals surface area contributed by atoms with Crippen LogP contribution in [0.15, 0.2) is 42.5 Å². The van der Waals surface area contributed by atoms with Crippen molar-refractivity contribution in [3.05, 3.63) is 58.9 Å². The summed E-state index contributed by atoms with van der Waals surface area (Å²) in [6.45, 7) is 0.986. The number of benzene rings is 2. The van der Waals surface area contributed by atoms with E-state index in [1.54, 1.807) is 6.07 Å². The monoisotopic (exact) mass is 508 g/mol. The van der Waals surface area contributed by atoms with Gasteiger partial charge in [-0.1, -0.05) is 47.2 Å². The number of aliphatic carboxylic acids is 1. The Hall–Kier alpha value is -3.28. The summed E-state index contributed by atoms with van der Waals surface area (Å²) >= 11 is 7.24. The maximum Gasteiger partial charge on any atom is 0.413 e. The van der Waals surface area contributed by atoms with Crippen molar-refractivity contribution in [2.45, 2.75) is 32.4 Å². The molecule has 0 aliphatic heterocycles. The average molecular weight is 509 g/mol. The van der Waals surface area contributed by atoms with Crippen LogP contribution in [-0.2, 0) is 20.9 Å². The number of carboxylic acids is 1. The summed E-state index contributed by atoms with van der Waals surface area (Å²) in [5.41, 5.74) is 3.97. The van der Waals surface area contributed by atoms with Gasteiger partial charge in [0.25, 0.3) is 0 Å². The minimum atomic E-state index is -1.07. The molecule has 0 aliphatic rings. The van der Waals surface area contributed by atoms with Crippen molar-refractivity contribution in [1.82, 2.24) is 15.4 Å². The number of ether oxygens (including phenoxy) is 1. The zero-order valence-corrected chi connectivity index (χ0v) is 19.7. The Morgan fingerprint density at radius 1 is 1.24 bits per heavy atom. The van der Waals surface area contributed by atoms with Gasteiger partial charge in [-0.2, -0.15) is 0 Å². The predicted octanol–water partition coefficient (Wildman–Crippen LogP) is 4.42. The number of fused-ring (bicyclic) bond motifs is 1. The number of nitrogens with one attached hydrogen (secondary N) is 2. The summed E-state index contributed by atoms with van der Waals surface area (Å²) in [6, 6.07) is 10.8. The molecular formula is C22H22ClFN4O5S. The van der Waals surface area contributed by atoms with Crippen molar-refractivity contribution in [1.29, 1.82) is 0 Å². The lowest BCUT2D eigenvalue weighted by Crippen LogP contribution is -2.50. The van der Waals surface area contributed by atoms with Gasteiger partial charge in [0, 0.05) is 19.9 Å². The quantitative estimate of drug-likeness (QED) is 0.346. The van der Waals surface area contributed by atoms with Crippen LogP contribution in [0.4, 0.5) is 14.3 Å². The fraction of sp³-hybridized carbons (Fsp3) is 0.273. The molecule has 1 aromatic heterocycles. The molecule has 3 N–H and O–H groups in total. The van der Waals surface area contributed by atoms with Gasteiger partial charge in [-0.05, 0) is 30.2 Å². The van der Waals surface area contributed by atoms with E-state index in [1.807, 2.05) is 24.3 Å². The zero-order valence-electron chi connectivity index (χ0n) is 18.1. The Balaban J connectivity index is 1.66. The van der Waals surface area contributed by atoms with E-state index in [2.05, 4.69) is 15.7 Å². The topological polar surface area (TPSA) is 121 Å². The fourth-order valence-electron chi connectivity index (χ4n) is 3.15. The van der Waals surface area contributed by atoms with Gasteiger partial charge < -0.3 is 9.84 Å². The number of carbonyl (C=O) groups is 3. The van der Waals surface area contributed by atoms with E-state index in [0.717, 1.165) is 15.2 Å². The Labute approximate surface area is 203 Å². The highest BCUT2D eigenvalue weighted by Crippen LogP contribution is 2.25. The van der Waals surface area contributed by atoms with Gasteiger partial charge in [-0.25, -0.2) is 19.6 Å². The lowest BCUT2D eigenvalue weighted by molar-refractivity contribution is -0.141. The van der Waals surface area contributed by atoms with E-state index in [9.17, 15) is 18.8 Å². The highest BCUT2D eigenvalue weighted by atomic mass is 35.5. The molecule has 180 valence electrons. The number of aromatic nitrogens is 1. The number of nitrogens with zero attached hydrogens (tertiary/aromatic N) is 2. The van der Waals surface area contributed by atoms with Crippen molar-refractivity contribution in [2.24, 2.45) is 0 Å². The molecule has 2 aromatic carbocycles. The Bertz CT molecular complexity index is 1160. The molecule has 12 heteroatoms. The van der Waals surface area contributed by atoms with Crippen LogP contribution in [0.3, 0.4) is 0 Å².